The molecule has 1 saturated carbocycles. The Hall–Kier alpha value is -1.32. The Morgan fingerprint density at radius 2 is 1.93 bits per heavy atom. The number of carboxylic acids is 1. The fourth-order valence-corrected chi connectivity index (χ4v) is 4.93. The van der Waals surface area contributed by atoms with E-state index in [0.717, 1.165) is 71.0 Å². The van der Waals surface area contributed by atoms with E-state index in [2.05, 4.69) is 36.4 Å². The van der Waals surface area contributed by atoms with Crippen LogP contribution in [-0.2, 0) is 22.4 Å². The molecule has 0 radical (unpaired) electrons. The SMILES string of the molecule is CCOCCc1cccc(CC/C=C/C2CCC(Cl)[C@@H]2CCCCCCC(=O)O)c1. The van der Waals surface area contributed by atoms with E-state index in [4.69, 9.17) is 21.4 Å². The van der Waals surface area contributed by atoms with Crippen molar-refractivity contribution >= 4 is 17.6 Å². The Labute approximate surface area is 187 Å². The zero-order valence-electron chi connectivity index (χ0n) is 18.5. The van der Waals surface area contributed by atoms with E-state index >= 15 is 0 Å². The van der Waals surface area contributed by atoms with Gasteiger partial charge in [-0.05, 0) is 74.8 Å². The zero-order chi connectivity index (χ0) is 21.6. The number of halogens is 1. The molecule has 1 N–H and O–H groups in total. The molecule has 1 fully saturated rings. The first kappa shape index (κ1) is 24.9. The molecule has 1 aromatic rings. The topological polar surface area (TPSA) is 46.5 Å². The molecule has 0 heterocycles. The number of benzene rings is 1. The van der Waals surface area contributed by atoms with Gasteiger partial charge in [-0.15, -0.1) is 11.6 Å². The number of hydrogen-bond donors (Lipinski definition) is 1. The predicted molar refractivity (Wildman–Crippen MR) is 125 cm³/mol. The molecule has 3 nitrogen and oxygen atoms in total. The van der Waals surface area contributed by atoms with Crippen LogP contribution in [0.3, 0.4) is 0 Å². The summed E-state index contributed by atoms with van der Waals surface area (Å²) in [7, 11) is 0. The van der Waals surface area contributed by atoms with Crippen molar-refractivity contribution in [1.29, 1.82) is 0 Å². The van der Waals surface area contributed by atoms with Crippen molar-refractivity contribution in [3.8, 4) is 0 Å². The number of ether oxygens (including phenoxy) is 1. The van der Waals surface area contributed by atoms with Gasteiger partial charge in [0.25, 0.3) is 0 Å². The van der Waals surface area contributed by atoms with Gasteiger partial charge in [-0.1, -0.05) is 55.7 Å². The first-order valence-electron chi connectivity index (χ1n) is 11.8. The summed E-state index contributed by atoms with van der Waals surface area (Å²) in [5, 5.41) is 9.01. The summed E-state index contributed by atoms with van der Waals surface area (Å²) in [6, 6.07) is 8.87. The van der Waals surface area contributed by atoms with E-state index in [-0.39, 0.29) is 0 Å². The fourth-order valence-electron chi connectivity index (χ4n) is 4.49. The van der Waals surface area contributed by atoms with Gasteiger partial charge in [0.1, 0.15) is 0 Å². The molecule has 4 heteroatoms. The van der Waals surface area contributed by atoms with Crippen LogP contribution in [0, 0.1) is 11.8 Å². The maximum absolute atomic E-state index is 10.6. The largest absolute Gasteiger partial charge is 0.481 e. The highest BCUT2D eigenvalue weighted by Crippen LogP contribution is 2.40. The molecule has 30 heavy (non-hydrogen) atoms. The molecule has 0 amide bonds. The van der Waals surface area contributed by atoms with Gasteiger partial charge in [0, 0.05) is 18.4 Å². The average molecular weight is 435 g/mol. The lowest BCUT2D eigenvalue weighted by Gasteiger charge is -2.19. The van der Waals surface area contributed by atoms with Crippen LogP contribution in [0.1, 0.15) is 75.8 Å². The quantitative estimate of drug-likeness (QED) is 0.187. The van der Waals surface area contributed by atoms with Gasteiger partial charge >= 0.3 is 5.97 Å². The Kier molecular flexibility index (Phi) is 12.2. The minimum atomic E-state index is -0.686. The van der Waals surface area contributed by atoms with Crippen molar-refractivity contribution in [2.45, 2.75) is 82.9 Å². The highest BCUT2D eigenvalue weighted by atomic mass is 35.5. The monoisotopic (exact) mass is 434 g/mol. The number of alkyl halides is 1. The number of rotatable bonds is 15. The van der Waals surface area contributed by atoms with Crippen LogP contribution in [-0.4, -0.2) is 29.7 Å². The molecule has 1 aliphatic rings. The Morgan fingerprint density at radius 3 is 2.70 bits per heavy atom. The molecule has 0 bridgehead atoms. The van der Waals surface area contributed by atoms with Crippen LogP contribution >= 0.6 is 11.6 Å². The molecule has 1 aromatic carbocycles. The molecule has 168 valence electrons. The Bertz CT molecular complexity index is 643. The van der Waals surface area contributed by atoms with Crippen LogP contribution in [0.25, 0.3) is 0 Å². The summed E-state index contributed by atoms with van der Waals surface area (Å²) in [5.41, 5.74) is 2.75. The number of carboxylic acid groups (broad SMARTS) is 1. The summed E-state index contributed by atoms with van der Waals surface area (Å²) in [5.74, 6) is 0.488. The maximum atomic E-state index is 10.6. The molecule has 0 aliphatic heterocycles. The van der Waals surface area contributed by atoms with Gasteiger partial charge in [0.05, 0.1) is 6.61 Å². The van der Waals surface area contributed by atoms with Crippen LogP contribution in [0.2, 0.25) is 0 Å². The van der Waals surface area contributed by atoms with Crippen molar-refractivity contribution in [2.75, 3.05) is 13.2 Å². The molecular formula is C26H39ClO3. The minimum absolute atomic E-state index is 0.292. The molecular weight excluding hydrogens is 396 g/mol. The van der Waals surface area contributed by atoms with Crippen molar-refractivity contribution in [3.05, 3.63) is 47.5 Å². The van der Waals surface area contributed by atoms with E-state index in [0.29, 0.717) is 23.6 Å². The lowest BCUT2D eigenvalue weighted by Crippen LogP contribution is -2.13. The normalized spacial score (nSPS) is 21.5. The summed E-state index contributed by atoms with van der Waals surface area (Å²) in [4.78, 5) is 10.6. The molecule has 0 saturated heterocycles. The van der Waals surface area contributed by atoms with Gasteiger partial charge in [-0.25, -0.2) is 0 Å². The minimum Gasteiger partial charge on any atom is -0.481 e. The highest BCUT2D eigenvalue weighted by Gasteiger charge is 2.32. The van der Waals surface area contributed by atoms with E-state index in [1.54, 1.807) is 0 Å². The number of allylic oxidation sites excluding steroid dienone is 2. The van der Waals surface area contributed by atoms with Crippen LogP contribution in [0.15, 0.2) is 36.4 Å². The molecule has 3 atom stereocenters. The zero-order valence-corrected chi connectivity index (χ0v) is 19.3. The highest BCUT2D eigenvalue weighted by molar-refractivity contribution is 6.21. The third-order valence-corrected chi connectivity index (χ3v) is 6.72. The van der Waals surface area contributed by atoms with Crippen molar-refractivity contribution in [3.63, 3.8) is 0 Å². The van der Waals surface area contributed by atoms with Gasteiger partial charge < -0.3 is 9.84 Å². The van der Waals surface area contributed by atoms with Crippen LogP contribution in [0.5, 0.6) is 0 Å². The van der Waals surface area contributed by atoms with Gasteiger partial charge in [0.2, 0.25) is 0 Å². The Balaban J connectivity index is 1.70. The molecule has 0 spiro atoms. The van der Waals surface area contributed by atoms with Crippen molar-refractivity contribution < 1.29 is 14.6 Å². The van der Waals surface area contributed by atoms with Crippen molar-refractivity contribution in [2.24, 2.45) is 11.8 Å². The maximum Gasteiger partial charge on any atom is 0.303 e. The second kappa shape index (κ2) is 14.6. The smallest absolute Gasteiger partial charge is 0.303 e. The van der Waals surface area contributed by atoms with E-state index in [1.165, 1.54) is 17.5 Å². The molecule has 0 aromatic heterocycles. The molecule has 1 aliphatic carbocycles. The van der Waals surface area contributed by atoms with Crippen LogP contribution < -0.4 is 0 Å². The number of carbonyl (C=O) groups is 1. The number of aryl methyl sites for hydroxylation is 1. The fraction of sp³-hybridized carbons (Fsp3) is 0.654. The first-order valence-corrected chi connectivity index (χ1v) is 12.2. The number of aliphatic carboxylic acids is 1. The lowest BCUT2D eigenvalue weighted by molar-refractivity contribution is -0.137. The molecule has 2 rings (SSSR count). The van der Waals surface area contributed by atoms with Gasteiger partial charge in [-0.2, -0.15) is 0 Å². The summed E-state index contributed by atoms with van der Waals surface area (Å²) >= 11 is 6.61. The molecule has 2 unspecified atom stereocenters. The third kappa shape index (κ3) is 9.66. The number of hydrogen-bond acceptors (Lipinski definition) is 2. The van der Waals surface area contributed by atoms with E-state index in [9.17, 15) is 4.79 Å². The third-order valence-electron chi connectivity index (χ3n) is 6.18. The summed E-state index contributed by atoms with van der Waals surface area (Å²) in [6.45, 7) is 3.61. The van der Waals surface area contributed by atoms with E-state index < -0.39 is 5.97 Å². The predicted octanol–water partition coefficient (Wildman–Crippen LogP) is 6.81. The van der Waals surface area contributed by atoms with Crippen LogP contribution in [0.4, 0.5) is 0 Å². The first-order chi connectivity index (χ1) is 14.6. The van der Waals surface area contributed by atoms with Crippen molar-refractivity contribution in [1.82, 2.24) is 0 Å². The summed E-state index contributed by atoms with van der Waals surface area (Å²) in [6.07, 6.45) is 15.7. The average Bonchev–Trinajstić information content (AvgIpc) is 3.08. The second-order valence-corrected chi connectivity index (χ2v) is 9.06. The standard InChI is InChI=1S/C26H39ClO3/c1-2-30-19-18-22-12-9-11-21(20-22)10-7-8-13-23-16-17-25(27)24(23)14-5-3-4-6-15-26(28)29/h8-9,11-13,20,23-25H,2-7,10,14-19H2,1H3,(H,28,29)/b13-8+/t23?,24-,25?/m1/s1. The second-order valence-electron chi connectivity index (χ2n) is 8.50. The van der Waals surface area contributed by atoms with Gasteiger partial charge in [-0.3, -0.25) is 4.79 Å². The lowest BCUT2D eigenvalue weighted by atomic mass is 9.89. The van der Waals surface area contributed by atoms with Gasteiger partial charge in [0.15, 0.2) is 0 Å². The van der Waals surface area contributed by atoms with E-state index in [1.807, 2.05) is 6.92 Å². The summed E-state index contributed by atoms with van der Waals surface area (Å²) < 4.78 is 5.46. The Morgan fingerprint density at radius 1 is 1.17 bits per heavy atom. The number of unbranched alkanes of at least 4 members (excludes halogenated alkanes) is 3.